The first kappa shape index (κ1) is 24.0. The Bertz CT molecular complexity index is 1280. The summed E-state index contributed by atoms with van der Waals surface area (Å²) in [5, 5.41) is 7.30. The highest BCUT2D eigenvalue weighted by Gasteiger charge is 2.27. The number of nitrogens with zero attached hydrogens (tertiary/aromatic N) is 4. The number of carbonyl (C=O) groups excluding carboxylic acids is 2. The van der Waals surface area contributed by atoms with Crippen LogP contribution in [-0.4, -0.2) is 50.4 Å². The van der Waals surface area contributed by atoms with Gasteiger partial charge in [0.05, 0.1) is 25.3 Å². The third-order valence-corrected chi connectivity index (χ3v) is 5.27. The smallest absolute Gasteiger partial charge is 0.408 e. The predicted octanol–water partition coefficient (Wildman–Crippen LogP) is 3.62. The van der Waals surface area contributed by atoms with Crippen molar-refractivity contribution in [3.63, 3.8) is 0 Å². The number of carbonyl (C=O) groups is 2. The number of nitrogens with one attached hydrogen (secondary N) is 1. The average molecular weight is 476 g/mol. The minimum Gasteiger partial charge on any atom is -0.444 e. The first-order valence-electron chi connectivity index (χ1n) is 11.2. The summed E-state index contributed by atoms with van der Waals surface area (Å²) in [6, 6.07) is 9.96. The maximum Gasteiger partial charge on any atom is 0.408 e. The number of hydrogen-bond donors (Lipinski definition) is 1. The van der Waals surface area contributed by atoms with E-state index >= 15 is 0 Å². The number of benzene rings is 1. The van der Waals surface area contributed by atoms with Crippen LogP contribution in [0.5, 0.6) is 0 Å². The van der Waals surface area contributed by atoms with Crippen LogP contribution in [0.3, 0.4) is 0 Å². The van der Waals surface area contributed by atoms with Gasteiger partial charge < -0.3 is 15.0 Å². The van der Waals surface area contributed by atoms with Gasteiger partial charge in [-0.05, 0) is 68.7 Å². The van der Waals surface area contributed by atoms with Gasteiger partial charge >= 0.3 is 6.09 Å². The molecule has 8 nitrogen and oxygen atoms in total. The lowest BCUT2D eigenvalue weighted by molar-refractivity contribution is -0.126. The monoisotopic (exact) mass is 475 g/mol. The van der Waals surface area contributed by atoms with Crippen LogP contribution in [0, 0.1) is 17.7 Å². The first-order valence-corrected chi connectivity index (χ1v) is 11.2. The van der Waals surface area contributed by atoms with Gasteiger partial charge in [0.1, 0.15) is 17.1 Å². The predicted molar refractivity (Wildman–Crippen MR) is 128 cm³/mol. The second-order valence-electron chi connectivity index (χ2n) is 9.02. The molecule has 0 spiro atoms. The van der Waals surface area contributed by atoms with Gasteiger partial charge in [-0.15, -0.1) is 0 Å². The first-order chi connectivity index (χ1) is 16.7. The van der Waals surface area contributed by atoms with E-state index in [2.05, 4.69) is 22.1 Å². The lowest BCUT2D eigenvalue weighted by atomic mass is 9.99. The third kappa shape index (κ3) is 5.84. The lowest BCUT2D eigenvalue weighted by Crippen LogP contribution is -2.38. The highest BCUT2D eigenvalue weighted by molar-refractivity contribution is 5.94. The van der Waals surface area contributed by atoms with Crippen LogP contribution in [0.4, 0.5) is 9.18 Å². The number of ether oxygens (including phenoxy) is 1. The number of halogens is 1. The number of pyridine rings is 1. The highest BCUT2D eigenvalue weighted by atomic mass is 19.1. The molecule has 0 fully saturated rings. The summed E-state index contributed by atoms with van der Waals surface area (Å²) >= 11 is 0. The molecular formula is C26H26FN5O3. The van der Waals surface area contributed by atoms with E-state index in [1.54, 1.807) is 50.2 Å². The summed E-state index contributed by atoms with van der Waals surface area (Å²) in [7, 11) is 0. The Morgan fingerprint density at radius 3 is 2.49 bits per heavy atom. The van der Waals surface area contributed by atoms with E-state index in [0.717, 1.165) is 22.4 Å². The molecule has 1 aromatic carbocycles. The number of amides is 2. The molecule has 3 heterocycles. The minimum atomic E-state index is -0.608. The van der Waals surface area contributed by atoms with Crippen LogP contribution in [0.1, 0.15) is 26.5 Å². The Morgan fingerprint density at radius 2 is 1.80 bits per heavy atom. The van der Waals surface area contributed by atoms with Crippen molar-refractivity contribution in [2.75, 3.05) is 13.1 Å². The van der Waals surface area contributed by atoms with E-state index in [0.29, 0.717) is 25.3 Å². The summed E-state index contributed by atoms with van der Waals surface area (Å²) in [6.07, 6.45) is 2.81. The Hall–Kier alpha value is -4.19. The zero-order valence-electron chi connectivity index (χ0n) is 19.8. The molecule has 0 unspecified atom stereocenters. The zero-order chi connectivity index (χ0) is 25.0. The van der Waals surface area contributed by atoms with E-state index in [1.807, 2.05) is 16.8 Å². The van der Waals surface area contributed by atoms with Gasteiger partial charge in [0.15, 0.2) is 0 Å². The van der Waals surface area contributed by atoms with Crippen molar-refractivity contribution in [2.24, 2.45) is 0 Å². The maximum absolute atomic E-state index is 13.5. The summed E-state index contributed by atoms with van der Waals surface area (Å²) in [4.78, 5) is 30.2. The van der Waals surface area contributed by atoms with Crippen molar-refractivity contribution in [1.29, 1.82) is 0 Å². The van der Waals surface area contributed by atoms with Crippen molar-refractivity contribution in [3.8, 4) is 34.2 Å². The van der Waals surface area contributed by atoms with Crippen LogP contribution in [0.15, 0.2) is 48.8 Å². The molecule has 2 aromatic heterocycles. The van der Waals surface area contributed by atoms with E-state index in [-0.39, 0.29) is 18.3 Å². The fraction of sp³-hybridized carbons (Fsp3) is 0.308. The topological polar surface area (TPSA) is 89.4 Å². The SMILES string of the molecule is CC(C)(C)OC(=O)NCC#CC(=O)N1CCn2nc(-c3ccc(F)cc3)c(-c3ccncc3)c2C1. The second kappa shape index (κ2) is 9.97. The number of hydrogen-bond acceptors (Lipinski definition) is 5. The van der Waals surface area contributed by atoms with Gasteiger partial charge in [0.25, 0.3) is 5.91 Å². The van der Waals surface area contributed by atoms with Crippen LogP contribution in [-0.2, 0) is 22.6 Å². The third-order valence-electron chi connectivity index (χ3n) is 5.27. The van der Waals surface area contributed by atoms with Crippen LogP contribution in [0.2, 0.25) is 0 Å². The molecule has 1 aliphatic rings. The fourth-order valence-corrected chi connectivity index (χ4v) is 3.75. The number of alkyl carbamates (subject to hydrolysis) is 1. The lowest BCUT2D eigenvalue weighted by Gasteiger charge is -2.26. The van der Waals surface area contributed by atoms with Gasteiger partial charge in [-0.3, -0.25) is 14.5 Å². The van der Waals surface area contributed by atoms with Crippen LogP contribution < -0.4 is 5.32 Å². The Balaban J connectivity index is 1.54. The van der Waals surface area contributed by atoms with E-state index in [4.69, 9.17) is 9.84 Å². The summed E-state index contributed by atoms with van der Waals surface area (Å²) in [5.41, 5.74) is 3.53. The standard InChI is InChI=1S/C26H26FN5O3/c1-26(2,3)35-25(34)29-12-4-5-22(33)31-15-16-32-21(17-31)23(18-10-13-28-14-11-18)24(30-32)19-6-8-20(27)9-7-19/h6-11,13-14H,12,15-17H2,1-3H3,(H,29,34). The highest BCUT2D eigenvalue weighted by Crippen LogP contribution is 2.36. The second-order valence-corrected chi connectivity index (χ2v) is 9.02. The molecule has 3 aromatic rings. The average Bonchev–Trinajstić information content (AvgIpc) is 3.20. The molecule has 9 heteroatoms. The molecule has 0 aliphatic carbocycles. The van der Waals surface area contributed by atoms with E-state index in [1.165, 1.54) is 12.1 Å². The summed E-state index contributed by atoms with van der Waals surface area (Å²) in [6.45, 7) is 6.57. The molecule has 0 saturated heterocycles. The molecule has 180 valence electrons. The van der Waals surface area contributed by atoms with Crippen molar-refractivity contribution in [3.05, 3.63) is 60.3 Å². The van der Waals surface area contributed by atoms with Crippen molar-refractivity contribution < 1.29 is 18.7 Å². The Kier molecular flexibility index (Phi) is 6.82. The van der Waals surface area contributed by atoms with Gasteiger partial charge in [-0.25, -0.2) is 9.18 Å². The van der Waals surface area contributed by atoms with Gasteiger partial charge in [-0.1, -0.05) is 5.92 Å². The normalized spacial score (nSPS) is 12.9. The number of fused-ring (bicyclic) bond motifs is 1. The van der Waals surface area contributed by atoms with Crippen molar-refractivity contribution in [2.45, 2.75) is 39.5 Å². The largest absolute Gasteiger partial charge is 0.444 e. The van der Waals surface area contributed by atoms with E-state index in [9.17, 15) is 14.0 Å². The Labute approximate surface area is 203 Å². The maximum atomic E-state index is 13.5. The molecule has 35 heavy (non-hydrogen) atoms. The molecule has 0 atom stereocenters. The zero-order valence-corrected chi connectivity index (χ0v) is 19.8. The minimum absolute atomic E-state index is 0.00338. The molecule has 2 amide bonds. The van der Waals surface area contributed by atoms with Crippen LogP contribution >= 0.6 is 0 Å². The van der Waals surface area contributed by atoms with E-state index < -0.39 is 11.7 Å². The summed E-state index contributed by atoms with van der Waals surface area (Å²) in [5.74, 6) is 4.62. The molecule has 0 saturated carbocycles. The summed E-state index contributed by atoms with van der Waals surface area (Å²) < 4.78 is 20.6. The fourth-order valence-electron chi connectivity index (χ4n) is 3.75. The van der Waals surface area contributed by atoms with Crippen molar-refractivity contribution >= 4 is 12.0 Å². The van der Waals surface area contributed by atoms with Crippen LogP contribution in [0.25, 0.3) is 22.4 Å². The quantitative estimate of drug-likeness (QED) is 0.585. The number of rotatable bonds is 3. The molecule has 0 bridgehead atoms. The molecular weight excluding hydrogens is 449 g/mol. The van der Waals surface area contributed by atoms with Gasteiger partial charge in [-0.2, -0.15) is 5.10 Å². The molecule has 1 aliphatic heterocycles. The molecule has 0 radical (unpaired) electrons. The Morgan fingerprint density at radius 1 is 1.09 bits per heavy atom. The van der Waals surface area contributed by atoms with Crippen molar-refractivity contribution in [1.82, 2.24) is 25.0 Å². The molecule has 4 rings (SSSR count). The molecule has 1 N–H and O–H groups in total. The van der Waals surface area contributed by atoms with Gasteiger partial charge in [0, 0.05) is 30.1 Å². The number of aromatic nitrogens is 3. The van der Waals surface area contributed by atoms with Gasteiger partial charge in [0.2, 0.25) is 0 Å².